The Labute approximate surface area is 199 Å². The number of amides is 1. The number of pyridine rings is 2. The van der Waals surface area contributed by atoms with Crippen molar-refractivity contribution >= 4 is 34.8 Å². The first kappa shape index (κ1) is 23.6. The van der Waals surface area contributed by atoms with Crippen molar-refractivity contribution in [3.63, 3.8) is 0 Å². The standard InChI is InChI=1S/C23H21ClF3N5O2/c1-34-19-7-3-2-6-18(19)30-20-16(5-4-8-28-20)22(33)32-11-9-31(10-12-32)21-17(24)13-15(14-29-21)23(25,26)27/h2-8,13-14H,9-12H2,1H3,(H,28,30). The summed E-state index contributed by atoms with van der Waals surface area (Å²) in [5, 5.41) is 3.08. The lowest BCUT2D eigenvalue weighted by atomic mass is 10.2. The predicted octanol–water partition coefficient (Wildman–Crippen LogP) is 4.86. The molecule has 0 spiro atoms. The number of ether oxygens (including phenoxy) is 1. The van der Waals surface area contributed by atoms with Crippen LogP contribution in [0, 0.1) is 0 Å². The second-order valence-corrected chi connectivity index (χ2v) is 7.94. The summed E-state index contributed by atoms with van der Waals surface area (Å²) in [6, 6.07) is 11.5. The summed E-state index contributed by atoms with van der Waals surface area (Å²) in [4.78, 5) is 24.9. The summed E-state index contributed by atoms with van der Waals surface area (Å²) >= 11 is 6.07. The smallest absolute Gasteiger partial charge is 0.417 e. The molecule has 1 aliphatic heterocycles. The predicted molar refractivity (Wildman–Crippen MR) is 123 cm³/mol. The van der Waals surface area contributed by atoms with Crippen LogP contribution in [-0.4, -0.2) is 54.1 Å². The second-order valence-electron chi connectivity index (χ2n) is 7.53. The van der Waals surface area contributed by atoms with E-state index in [1.54, 1.807) is 41.3 Å². The fraction of sp³-hybridized carbons (Fsp3) is 0.261. The maximum Gasteiger partial charge on any atom is 0.417 e. The SMILES string of the molecule is COc1ccccc1Nc1ncccc1C(=O)N1CCN(c2ncc(C(F)(F)F)cc2Cl)CC1. The number of hydrogen-bond acceptors (Lipinski definition) is 6. The summed E-state index contributed by atoms with van der Waals surface area (Å²) in [6.07, 6.45) is -2.16. The van der Waals surface area contributed by atoms with E-state index in [2.05, 4.69) is 15.3 Å². The number of halogens is 4. The van der Waals surface area contributed by atoms with Gasteiger partial charge in [-0.05, 0) is 30.3 Å². The number of aromatic nitrogens is 2. The topological polar surface area (TPSA) is 70.6 Å². The Morgan fingerprint density at radius 1 is 1.09 bits per heavy atom. The first-order valence-electron chi connectivity index (χ1n) is 10.4. The van der Waals surface area contributed by atoms with Gasteiger partial charge < -0.3 is 19.9 Å². The van der Waals surface area contributed by atoms with E-state index in [0.29, 0.717) is 49.0 Å². The molecule has 11 heteroatoms. The highest BCUT2D eigenvalue weighted by molar-refractivity contribution is 6.33. The van der Waals surface area contributed by atoms with Gasteiger partial charge in [0.1, 0.15) is 17.4 Å². The second kappa shape index (κ2) is 9.76. The highest BCUT2D eigenvalue weighted by Gasteiger charge is 2.32. The van der Waals surface area contributed by atoms with E-state index >= 15 is 0 Å². The van der Waals surface area contributed by atoms with Gasteiger partial charge in [0.15, 0.2) is 0 Å². The number of carbonyl (C=O) groups excluding carboxylic acids is 1. The molecule has 0 bridgehead atoms. The van der Waals surface area contributed by atoms with Crippen LogP contribution >= 0.6 is 11.6 Å². The lowest BCUT2D eigenvalue weighted by Gasteiger charge is -2.36. The normalized spacial score (nSPS) is 14.1. The van der Waals surface area contributed by atoms with Crippen molar-refractivity contribution in [3.05, 3.63) is 71.0 Å². The van der Waals surface area contributed by atoms with Crippen LogP contribution in [0.4, 0.5) is 30.5 Å². The number of benzene rings is 1. The Morgan fingerprint density at radius 2 is 1.82 bits per heavy atom. The Hall–Kier alpha value is -3.53. The van der Waals surface area contributed by atoms with E-state index in [1.807, 2.05) is 18.2 Å². The molecule has 0 saturated carbocycles. The fourth-order valence-electron chi connectivity index (χ4n) is 3.66. The minimum atomic E-state index is -4.51. The zero-order chi connectivity index (χ0) is 24.3. The number of nitrogens with one attached hydrogen (secondary N) is 1. The number of methoxy groups -OCH3 is 1. The number of rotatable bonds is 5. The van der Waals surface area contributed by atoms with Gasteiger partial charge in [0, 0.05) is 38.6 Å². The number of para-hydroxylation sites is 2. The summed E-state index contributed by atoms with van der Waals surface area (Å²) in [6.45, 7) is 1.44. The lowest BCUT2D eigenvalue weighted by molar-refractivity contribution is -0.137. The van der Waals surface area contributed by atoms with Gasteiger partial charge in [-0.15, -0.1) is 0 Å². The maximum atomic E-state index is 13.3. The van der Waals surface area contributed by atoms with E-state index in [0.717, 1.165) is 12.3 Å². The summed E-state index contributed by atoms with van der Waals surface area (Å²) < 4.78 is 44.0. The minimum Gasteiger partial charge on any atom is -0.495 e. The van der Waals surface area contributed by atoms with Gasteiger partial charge in [0.25, 0.3) is 5.91 Å². The molecule has 1 amide bonds. The van der Waals surface area contributed by atoms with Crippen molar-refractivity contribution in [2.45, 2.75) is 6.18 Å². The molecular formula is C23H21ClF3N5O2. The molecule has 3 heterocycles. The Balaban J connectivity index is 1.46. The van der Waals surface area contributed by atoms with Crippen LogP contribution in [0.25, 0.3) is 0 Å². The fourth-order valence-corrected chi connectivity index (χ4v) is 3.95. The molecule has 2 aromatic heterocycles. The van der Waals surface area contributed by atoms with Gasteiger partial charge in [-0.2, -0.15) is 13.2 Å². The highest BCUT2D eigenvalue weighted by atomic mass is 35.5. The monoisotopic (exact) mass is 491 g/mol. The van der Waals surface area contributed by atoms with Gasteiger partial charge >= 0.3 is 6.18 Å². The van der Waals surface area contributed by atoms with Crippen LogP contribution in [0.5, 0.6) is 5.75 Å². The molecule has 178 valence electrons. The van der Waals surface area contributed by atoms with E-state index in [1.165, 1.54) is 0 Å². The van der Waals surface area contributed by atoms with Crippen LogP contribution < -0.4 is 15.0 Å². The number of alkyl halides is 3. The minimum absolute atomic E-state index is 0.0786. The molecule has 0 atom stereocenters. The summed E-state index contributed by atoms with van der Waals surface area (Å²) in [5.74, 6) is 1.06. The molecule has 7 nitrogen and oxygen atoms in total. The first-order chi connectivity index (χ1) is 16.3. The molecular weight excluding hydrogens is 471 g/mol. The zero-order valence-electron chi connectivity index (χ0n) is 18.1. The summed E-state index contributed by atoms with van der Waals surface area (Å²) in [5.41, 5.74) is 0.167. The van der Waals surface area contributed by atoms with E-state index in [4.69, 9.17) is 16.3 Å². The van der Waals surface area contributed by atoms with Crippen molar-refractivity contribution in [3.8, 4) is 5.75 Å². The van der Waals surface area contributed by atoms with Gasteiger partial charge in [0.2, 0.25) is 0 Å². The Morgan fingerprint density at radius 3 is 2.50 bits per heavy atom. The third-order valence-corrected chi connectivity index (χ3v) is 5.69. The van der Waals surface area contributed by atoms with E-state index in [9.17, 15) is 18.0 Å². The molecule has 1 N–H and O–H groups in total. The average Bonchev–Trinajstić information content (AvgIpc) is 2.84. The van der Waals surface area contributed by atoms with Gasteiger partial charge in [-0.3, -0.25) is 4.79 Å². The van der Waals surface area contributed by atoms with Crippen molar-refractivity contribution < 1.29 is 22.7 Å². The van der Waals surface area contributed by atoms with E-state index < -0.39 is 11.7 Å². The molecule has 0 unspecified atom stereocenters. The molecule has 0 aliphatic carbocycles. The van der Waals surface area contributed by atoms with Crippen molar-refractivity contribution in [2.24, 2.45) is 0 Å². The van der Waals surface area contributed by atoms with Gasteiger partial charge in [-0.25, -0.2) is 9.97 Å². The van der Waals surface area contributed by atoms with Crippen molar-refractivity contribution in [1.29, 1.82) is 0 Å². The van der Waals surface area contributed by atoms with E-state index in [-0.39, 0.29) is 16.7 Å². The number of hydrogen-bond donors (Lipinski definition) is 1. The van der Waals surface area contributed by atoms with Crippen LogP contribution in [0.1, 0.15) is 15.9 Å². The van der Waals surface area contributed by atoms with Crippen LogP contribution in [0.3, 0.4) is 0 Å². The van der Waals surface area contributed by atoms with Crippen LogP contribution in [0.2, 0.25) is 5.02 Å². The molecule has 3 aromatic rings. The third kappa shape index (κ3) is 5.01. The molecule has 4 rings (SSSR count). The van der Waals surface area contributed by atoms with Crippen molar-refractivity contribution in [2.75, 3.05) is 43.5 Å². The maximum absolute atomic E-state index is 13.3. The quantitative estimate of drug-likeness (QED) is 0.549. The van der Waals surface area contributed by atoms with Gasteiger partial charge in [0.05, 0.1) is 28.9 Å². The third-order valence-electron chi connectivity index (χ3n) is 5.41. The largest absolute Gasteiger partial charge is 0.495 e. The number of nitrogens with zero attached hydrogens (tertiary/aromatic N) is 4. The van der Waals surface area contributed by atoms with Crippen LogP contribution in [-0.2, 0) is 6.18 Å². The number of carbonyl (C=O) groups is 1. The van der Waals surface area contributed by atoms with Crippen LogP contribution in [0.15, 0.2) is 54.9 Å². The molecule has 1 saturated heterocycles. The molecule has 1 aromatic carbocycles. The Kier molecular flexibility index (Phi) is 6.78. The molecule has 1 aliphatic rings. The average molecular weight is 492 g/mol. The lowest BCUT2D eigenvalue weighted by Crippen LogP contribution is -2.49. The molecule has 1 fully saturated rings. The number of anilines is 3. The highest BCUT2D eigenvalue weighted by Crippen LogP contribution is 2.34. The zero-order valence-corrected chi connectivity index (χ0v) is 18.9. The van der Waals surface area contributed by atoms with Gasteiger partial charge in [-0.1, -0.05) is 23.7 Å². The summed E-state index contributed by atoms with van der Waals surface area (Å²) in [7, 11) is 1.56. The first-order valence-corrected chi connectivity index (χ1v) is 10.8. The van der Waals surface area contributed by atoms with Crippen molar-refractivity contribution in [1.82, 2.24) is 14.9 Å². The number of piperazine rings is 1. The molecule has 0 radical (unpaired) electrons. The Bertz CT molecular complexity index is 1180. The molecule has 34 heavy (non-hydrogen) atoms.